The molecule has 1 heterocycles. The predicted octanol–water partition coefficient (Wildman–Crippen LogP) is 3.97. The van der Waals surface area contributed by atoms with Crippen molar-refractivity contribution in [1.29, 1.82) is 0 Å². The number of imidazole rings is 1. The lowest BCUT2D eigenvalue weighted by Crippen LogP contribution is -2.07. The standard InChI is InChI=1S/C14H10BrF2N3O/c15-8-5-6-9-11(7-8)20(14(18)19-9)10-3-1-2-4-12(10)21-13(16)17/h1-7,13H,(H2,18,19). The molecule has 0 aliphatic heterocycles. The molecular weight excluding hydrogens is 344 g/mol. The lowest BCUT2D eigenvalue weighted by atomic mass is 10.2. The van der Waals surface area contributed by atoms with Gasteiger partial charge >= 0.3 is 6.61 Å². The van der Waals surface area contributed by atoms with Crippen LogP contribution in [0.3, 0.4) is 0 Å². The highest BCUT2D eigenvalue weighted by Gasteiger charge is 2.16. The van der Waals surface area contributed by atoms with Crippen LogP contribution in [0.2, 0.25) is 0 Å². The van der Waals surface area contributed by atoms with Crippen LogP contribution in [0.25, 0.3) is 16.7 Å². The zero-order chi connectivity index (χ0) is 15.0. The van der Waals surface area contributed by atoms with Gasteiger partial charge in [-0.3, -0.25) is 4.57 Å². The van der Waals surface area contributed by atoms with Crippen molar-refractivity contribution in [2.45, 2.75) is 6.61 Å². The fraction of sp³-hybridized carbons (Fsp3) is 0.0714. The minimum Gasteiger partial charge on any atom is -0.433 e. The number of anilines is 1. The van der Waals surface area contributed by atoms with Crippen molar-refractivity contribution in [3.63, 3.8) is 0 Å². The number of nitrogen functional groups attached to an aromatic ring is 1. The van der Waals surface area contributed by atoms with Gasteiger partial charge in [0.05, 0.1) is 16.7 Å². The summed E-state index contributed by atoms with van der Waals surface area (Å²) in [6.07, 6.45) is 0. The molecule has 0 bridgehead atoms. The van der Waals surface area contributed by atoms with Gasteiger partial charge in [-0.1, -0.05) is 28.1 Å². The van der Waals surface area contributed by atoms with Crippen LogP contribution in [0, 0.1) is 0 Å². The molecule has 0 aliphatic rings. The third-order valence-corrected chi connectivity index (χ3v) is 3.46. The maximum Gasteiger partial charge on any atom is 0.387 e. The van der Waals surface area contributed by atoms with Gasteiger partial charge in [-0.15, -0.1) is 0 Å². The largest absolute Gasteiger partial charge is 0.433 e. The Balaban J connectivity index is 2.25. The van der Waals surface area contributed by atoms with E-state index in [1.165, 1.54) is 6.07 Å². The van der Waals surface area contributed by atoms with Crippen molar-refractivity contribution in [3.05, 3.63) is 46.9 Å². The molecule has 21 heavy (non-hydrogen) atoms. The van der Waals surface area contributed by atoms with Gasteiger partial charge in [0.25, 0.3) is 0 Å². The van der Waals surface area contributed by atoms with Gasteiger partial charge in [0, 0.05) is 4.47 Å². The lowest BCUT2D eigenvalue weighted by Gasteiger charge is -2.13. The maximum atomic E-state index is 12.5. The summed E-state index contributed by atoms with van der Waals surface area (Å²) >= 11 is 3.37. The molecule has 108 valence electrons. The number of nitrogens with two attached hydrogens (primary N) is 1. The van der Waals surface area contributed by atoms with E-state index in [9.17, 15) is 8.78 Å². The van der Waals surface area contributed by atoms with Crippen LogP contribution >= 0.6 is 15.9 Å². The van der Waals surface area contributed by atoms with E-state index in [0.29, 0.717) is 16.7 Å². The molecule has 0 spiro atoms. The Bertz CT molecular complexity index is 804. The smallest absolute Gasteiger partial charge is 0.387 e. The average molecular weight is 354 g/mol. The molecule has 4 nitrogen and oxygen atoms in total. The summed E-state index contributed by atoms with van der Waals surface area (Å²) in [5.41, 5.74) is 7.71. The second kappa shape index (κ2) is 5.33. The van der Waals surface area contributed by atoms with Gasteiger partial charge < -0.3 is 10.5 Å². The van der Waals surface area contributed by atoms with E-state index in [2.05, 4.69) is 25.7 Å². The zero-order valence-corrected chi connectivity index (χ0v) is 12.2. The Morgan fingerprint density at radius 2 is 1.95 bits per heavy atom. The summed E-state index contributed by atoms with van der Waals surface area (Å²) in [5.74, 6) is 0.242. The van der Waals surface area contributed by atoms with E-state index in [-0.39, 0.29) is 11.7 Å². The number of fused-ring (bicyclic) bond motifs is 1. The minimum atomic E-state index is -2.91. The fourth-order valence-corrected chi connectivity index (χ4v) is 2.51. The topological polar surface area (TPSA) is 53.1 Å². The number of hydrogen-bond acceptors (Lipinski definition) is 3. The summed E-state index contributed by atoms with van der Waals surface area (Å²) < 4.78 is 32.0. The number of rotatable bonds is 3. The Kier molecular flexibility index (Phi) is 3.50. The summed E-state index contributed by atoms with van der Waals surface area (Å²) in [4.78, 5) is 4.23. The monoisotopic (exact) mass is 353 g/mol. The SMILES string of the molecule is Nc1nc2ccc(Br)cc2n1-c1ccccc1OC(F)F. The molecule has 0 amide bonds. The Morgan fingerprint density at radius 3 is 2.71 bits per heavy atom. The van der Waals surface area contributed by atoms with Crippen LogP contribution < -0.4 is 10.5 Å². The number of ether oxygens (including phenoxy) is 1. The van der Waals surface area contributed by atoms with Crippen LogP contribution in [-0.4, -0.2) is 16.2 Å². The molecule has 0 unspecified atom stereocenters. The minimum absolute atomic E-state index is 0.0403. The van der Waals surface area contributed by atoms with E-state index in [4.69, 9.17) is 5.73 Å². The molecular formula is C14H10BrF2N3O. The van der Waals surface area contributed by atoms with Gasteiger partial charge in [-0.05, 0) is 30.3 Å². The van der Waals surface area contributed by atoms with Crippen molar-refractivity contribution >= 4 is 32.9 Å². The van der Waals surface area contributed by atoms with Crippen molar-refractivity contribution in [2.24, 2.45) is 0 Å². The van der Waals surface area contributed by atoms with Crippen LogP contribution in [-0.2, 0) is 0 Å². The Morgan fingerprint density at radius 1 is 1.19 bits per heavy atom. The summed E-state index contributed by atoms with van der Waals surface area (Å²) in [6.45, 7) is -2.91. The van der Waals surface area contributed by atoms with Crippen molar-refractivity contribution in [3.8, 4) is 11.4 Å². The number of nitrogens with zero attached hydrogens (tertiary/aromatic N) is 2. The highest BCUT2D eigenvalue weighted by atomic mass is 79.9. The lowest BCUT2D eigenvalue weighted by molar-refractivity contribution is -0.0498. The number of aromatic nitrogens is 2. The van der Waals surface area contributed by atoms with Crippen molar-refractivity contribution in [2.75, 3.05) is 5.73 Å². The second-order valence-corrected chi connectivity index (χ2v) is 5.20. The first-order valence-corrected chi connectivity index (χ1v) is 6.83. The first kappa shape index (κ1) is 13.8. The fourth-order valence-electron chi connectivity index (χ4n) is 2.16. The molecule has 0 aliphatic carbocycles. The highest BCUT2D eigenvalue weighted by Crippen LogP contribution is 2.31. The summed E-state index contributed by atoms with van der Waals surface area (Å²) in [5, 5.41) is 0. The van der Waals surface area contributed by atoms with Gasteiger partial charge in [-0.2, -0.15) is 8.78 Å². The van der Waals surface area contributed by atoms with Crippen molar-refractivity contribution in [1.82, 2.24) is 9.55 Å². The molecule has 3 aromatic rings. The summed E-state index contributed by atoms with van der Waals surface area (Å²) in [7, 11) is 0. The molecule has 7 heteroatoms. The molecule has 1 aromatic heterocycles. The third-order valence-electron chi connectivity index (χ3n) is 2.96. The second-order valence-electron chi connectivity index (χ2n) is 4.28. The van der Waals surface area contributed by atoms with E-state index < -0.39 is 6.61 Å². The quantitative estimate of drug-likeness (QED) is 0.774. The molecule has 0 atom stereocenters. The van der Waals surface area contributed by atoms with E-state index in [0.717, 1.165) is 4.47 Å². The van der Waals surface area contributed by atoms with Crippen LogP contribution in [0.4, 0.5) is 14.7 Å². The predicted molar refractivity (Wildman–Crippen MR) is 79.8 cm³/mol. The number of alkyl halides is 2. The first-order valence-electron chi connectivity index (χ1n) is 6.04. The maximum absolute atomic E-state index is 12.5. The Hall–Kier alpha value is -2.15. The van der Waals surface area contributed by atoms with Crippen LogP contribution in [0.15, 0.2) is 46.9 Å². The molecule has 0 saturated heterocycles. The van der Waals surface area contributed by atoms with Crippen LogP contribution in [0.5, 0.6) is 5.75 Å². The van der Waals surface area contributed by atoms with Gasteiger partial charge in [0.1, 0.15) is 5.75 Å². The number of benzene rings is 2. The zero-order valence-electron chi connectivity index (χ0n) is 10.6. The molecule has 0 saturated carbocycles. The molecule has 3 rings (SSSR count). The van der Waals surface area contributed by atoms with Crippen LogP contribution in [0.1, 0.15) is 0 Å². The van der Waals surface area contributed by atoms with E-state index in [1.54, 1.807) is 28.8 Å². The van der Waals surface area contributed by atoms with Gasteiger partial charge in [-0.25, -0.2) is 4.98 Å². The highest BCUT2D eigenvalue weighted by molar-refractivity contribution is 9.10. The third kappa shape index (κ3) is 2.56. The molecule has 2 aromatic carbocycles. The normalized spacial score (nSPS) is 11.2. The Labute approximate surface area is 127 Å². The first-order chi connectivity index (χ1) is 10.1. The molecule has 0 radical (unpaired) electrons. The average Bonchev–Trinajstić information content (AvgIpc) is 2.74. The van der Waals surface area contributed by atoms with Crippen molar-refractivity contribution < 1.29 is 13.5 Å². The van der Waals surface area contributed by atoms with E-state index >= 15 is 0 Å². The molecule has 0 fully saturated rings. The summed E-state index contributed by atoms with van der Waals surface area (Å²) in [6, 6.07) is 11.9. The van der Waals surface area contributed by atoms with E-state index in [1.807, 2.05) is 12.1 Å². The molecule has 2 N–H and O–H groups in total. The number of hydrogen-bond donors (Lipinski definition) is 1. The van der Waals surface area contributed by atoms with Gasteiger partial charge in [0.2, 0.25) is 5.95 Å². The van der Waals surface area contributed by atoms with Gasteiger partial charge in [0.15, 0.2) is 0 Å². The number of para-hydroxylation sites is 2. The number of halogens is 3.